The van der Waals surface area contributed by atoms with Crippen molar-refractivity contribution in [2.75, 3.05) is 20.7 Å². The molecule has 1 rings (SSSR count). The minimum absolute atomic E-state index is 0.0694. The first-order valence-electron chi connectivity index (χ1n) is 6.51. The van der Waals surface area contributed by atoms with Crippen LogP contribution in [0.3, 0.4) is 0 Å². The van der Waals surface area contributed by atoms with Crippen LogP contribution in [0.4, 0.5) is 0 Å². The molecule has 1 aromatic carbocycles. The Morgan fingerprint density at radius 2 is 1.89 bits per heavy atom. The monoisotopic (exact) mass is 263 g/mol. The van der Waals surface area contributed by atoms with Crippen LogP contribution < -0.4 is 4.74 Å². The summed E-state index contributed by atoms with van der Waals surface area (Å²) in [6.07, 6.45) is 1.56. The molecule has 0 spiro atoms. The lowest BCUT2D eigenvalue weighted by Gasteiger charge is -2.12. The van der Waals surface area contributed by atoms with E-state index in [1.165, 1.54) is 0 Å². The number of benzene rings is 1. The van der Waals surface area contributed by atoms with E-state index in [0.29, 0.717) is 37.2 Å². The van der Waals surface area contributed by atoms with Crippen LogP contribution in [-0.4, -0.2) is 37.3 Å². The normalized spacial score (nSPS) is 10.1. The molecule has 0 N–H and O–H groups in total. The summed E-state index contributed by atoms with van der Waals surface area (Å²) in [6.45, 7) is 2.27. The van der Waals surface area contributed by atoms with Crippen molar-refractivity contribution < 1.29 is 14.3 Å². The molecule has 0 aliphatic rings. The van der Waals surface area contributed by atoms with Crippen LogP contribution in [0.5, 0.6) is 5.75 Å². The number of nitrogens with zero attached hydrogens (tertiary/aromatic N) is 1. The molecule has 0 saturated carbocycles. The van der Waals surface area contributed by atoms with E-state index in [1.54, 1.807) is 31.1 Å². The molecule has 0 radical (unpaired) electrons. The lowest BCUT2D eigenvalue weighted by atomic mass is 10.1. The van der Waals surface area contributed by atoms with Gasteiger partial charge in [0.15, 0.2) is 5.78 Å². The van der Waals surface area contributed by atoms with E-state index in [4.69, 9.17) is 4.74 Å². The van der Waals surface area contributed by atoms with Crippen molar-refractivity contribution in [3.05, 3.63) is 29.8 Å². The van der Waals surface area contributed by atoms with Crippen molar-refractivity contribution in [2.24, 2.45) is 0 Å². The molecule has 4 heteroatoms. The number of para-hydroxylation sites is 1. The maximum atomic E-state index is 11.7. The number of ether oxygens (including phenoxy) is 1. The Kier molecular flexibility index (Phi) is 6.06. The largest absolute Gasteiger partial charge is 0.493 e. The second-order valence-electron chi connectivity index (χ2n) is 4.51. The molecule has 1 amide bonds. The van der Waals surface area contributed by atoms with Gasteiger partial charge in [-0.15, -0.1) is 0 Å². The molecule has 0 bridgehead atoms. The Balaban J connectivity index is 2.50. The standard InChI is InChI=1S/C15H21NO3/c1-4-13(17)12-8-5-6-9-14(12)19-11-7-10-15(18)16(2)3/h5-6,8-9H,4,7,10-11H2,1-3H3. The molecule has 0 atom stereocenters. The lowest BCUT2D eigenvalue weighted by Crippen LogP contribution is -2.21. The number of hydrogen-bond donors (Lipinski definition) is 0. The van der Waals surface area contributed by atoms with Crippen molar-refractivity contribution in [1.82, 2.24) is 4.90 Å². The predicted molar refractivity (Wildman–Crippen MR) is 74.5 cm³/mol. The first-order valence-corrected chi connectivity index (χ1v) is 6.51. The van der Waals surface area contributed by atoms with Gasteiger partial charge in [0.05, 0.1) is 12.2 Å². The molecule has 4 nitrogen and oxygen atoms in total. The van der Waals surface area contributed by atoms with Crippen LogP contribution in [0, 0.1) is 0 Å². The zero-order chi connectivity index (χ0) is 14.3. The second kappa shape index (κ2) is 7.56. The third kappa shape index (κ3) is 4.73. The molecule has 19 heavy (non-hydrogen) atoms. The van der Waals surface area contributed by atoms with E-state index in [1.807, 2.05) is 19.1 Å². The number of carbonyl (C=O) groups excluding carboxylic acids is 2. The fourth-order valence-corrected chi connectivity index (χ4v) is 1.64. The van der Waals surface area contributed by atoms with Gasteiger partial charge in [-0.2, -0.15) is 0 Å². The number of Topliss-reactive ketones (excluding diaryl/α,β-unsaturated/α-hetero) is 1. The third-order valence-electron chi connectivity index (χ3n) is 2.80. The van der Waals surface area contributed by atoms with E-state index in [-0.39, 0.29) is 11.7 Å². The molecule has 0 aliphatic carbocycles. The van der Waals surface area contributed by atoms with Crippen LogP contribution in [0.2, 0.25) is 0 Å². The third-order valence-corrected chi connectivity index (χ3v) is 2.80. The molecule has 1 aromatic rings. The van der Waals surface area contributed by atoms with Gasteiger partial charge in [-0.25, -0.2) is 0 Å². The Hall–Kier alpha value is -1.84. The van der Waals surface area contributed by atoms with Crippen molar-refractivity contribution in [3.63, 3.8) is 0 Å². The molecular weight excluding hydrogens is 242 g/mol. The molecular formula is C15H21NO3. The van der Waals surface area contributed by atoms with Gasteiger partial charge < -0.3 is 9.64 Å². The Bertz CT molecular complexity index is 441. The number of amides is 1. The molecule has 0 heterocycles. The average Bonchev–Trinajstić information content (AvgIpc) is 2.42. The van der Waals surface area contributed by atoms with E-state index in [0.717, 1.165) is 0 Å². The summed E-state index contributed by atoms with van der Waals surface area (Å²) in [6, 6.07) is 7.22. The second-order valence-corrected chi connectivity index (χ2v) is 4.51. The average molecular weight is 263 g/mol. The van der Waals surface area contributed by atoms with Crippen molar-refractivity contribution >= 4 is 11.7 Å². The van der Waals surface area contributed by atoms with Gasteiger partial charge in [0.25, 0.3) is 0 Å². The van der Waals surface area contributed by atoms with Crippen molar-refractivity contribution in [2.45, 2.75) is 26.2 Å². The van der Waals surface area contributed by atoms with Crippen LogP contribution in [-0.2, 0) is 4.79 Å². The van der Waals surface area contributed by atoms with Gasteiger partial charge in [0, 0.05) is 26.9 Å². The van der Waals surface area contributed by atoms with E-state index < -0.39 is 0 Å². The van der Waals surface area contributed by atoms with Gasteiger partial charge in [-0.3, -0.25) is 9.59 Å². The van der Waals surface area contributed by atoms with Crippen LogP contribution in [0.15, 0.2) is 24.3 Å². The first-order chi connectivity index (χ1) is 9.06. The highest BCUT2D eigenvalue weighted by Crippen LogP contribution is 2.19. The summed E-state index contributed by atoms with van der Waals surface area (Å²) in [5.41, 5.74) is 0.615. The summed E-state index contributed by atoms with van der Waals surface area (Å²) < 4.78 is 5.60. The van der Waals surface area contributed by atoms with Crippen LogP contribution in [0.25, 0.3) is 0 Å². The molecule has 0 aromatic heterocycles. The van der Waals surface area contributed by atoms with E-state index >= 15 is 0 Å². The summed E-state index contributed by atoms with van der Waals surface area (Å²) in [4.78, 5) is 24.7. The Morgan fingerprint density at radius 1 is 1.21 bits per heavy atom. The van der Waals surface area contributed by atoms with Gasteiger partial charge >= 0.3 is 0 Å². The highest BCUT2D eigenvalue weighted by molar-refractivity contribution is 5.98. The topological polar surface area (TPSA) is 46.6 Å². The number of ketones is 1. The summed E-state index contributed by atoms with van der Waals surface area (Å²) >= 11 is 0. The minimum atomic E-state index is 0.0694. The van der Waals surface area contributed by atoms with Gasteiger partial charge in [0.1, 0.15) is 5.75 Å². The van der Waals surface area contributed by atoms with Gasteiger partial charge in [-0.1, -0.05) is 19.1 Å². The van der Waals surface area contributed by atoms with E-state index in [9.17, 15) is 9.59 Å². The fraction of sp³-hybridized carbons (Fsp3) is 0.467. The number of rotatable bonds is 7. The predicted octanol–water partition coefficient (Wildman–Crippen LogP) is 2.53. The Morgan fingerprint density at radius 3 is 2.53 bits per heavy atom. The maximum Gasteiger partial charge on any atom is 0.222 e. The number of hydrogen-bond acceptors (Lipinski definition) is 3. The molecule has 0 aliphatic heterocycles. The highest BCUT2D eigenvalue weighted by Gasteiger charge is 2.10. The maximum absolute atomic E-state index is 11.7. The van der Waals surface area contributed by atoms with Crippen molar-refractivity contribution in [3.8, 4) is 5.75 Å². The zero-order valence-electron chi connectivity index (χ0n) is 11.8. The first kappa shape index (κ1) is 15.2. The molecule has 0 saturated heterocycles. The minimum Gasteiger partial charge on any atom is -0.493 e. The van der Waals surface area contributed by atoms with Crippen LogP contribution in [0.1, 0.15) is 36.5 Å². The quantitative estimate of drug-likeness (QED) is 0.561. The molecule has 104 valence electrons. The number of carbonyl (C=O) groups is 2. The van der Waals surface area contributed by atoms with Gasteiger partial charge in [-0.05, 0) is 18.6 Å². The summed E-state index contributed by atoms with van der Waals surface area (Å²) in [5, 5.41) is 0. The van der Waals surface area contributed by atoms with E-state index in [2.05, 4.69) is 0 Å². The lowest BCUT2D eigenvalue weighted by molar-refractivity contribution is -0.128. The molecule has 0 unspecified atom stereocenters. The summed E-state index contributed by atoms with van der Waals surface area (Å²) in [5.74, 6) is 0.758. The smallest absolute Gasteiger partial charge is 0.222 e. The van der Waals surface area contributed by atoms with Crippen molar-refractivity contribution in [1.29, 1.82) is 0 Å². The van der Waals surface area contributed by atoms with Crippen LogP contribution >= 0.6 is 0 Å². The fourth-order valence-electron chi connectivity index (χ4n) is 1.64. The zero-order valence-corrected chi connectivity index (χ0v) is 11.8. The van der Waals surface area contributed by atoms with Gasteiger partial charge in [0.2, 0.25) is 5.91 Å². The summed E-state index contributed by atoms with van der Waals surface area (Å²) in [7, 11) is 3.47. The Labute approximate surface area is 114 Å². The highest BCUT2D eigenvalue weighted by atomic mass is 16.5. The molecule has 0 fully saturated rings. The SMILES string of the molecule is CCC(=O)c1ccccc1OCCCC(=O)N(C)C.